The van der Waals surface area contributed by atoms with E-state index in [4.69, 9.17) is 4.74 Å². The van der Waals surface area contributed by atoms with Crippen LogP contribution in [0.1, 0.15) is 19.3 Å². The predicted molar refractivity (Wildman–Crippen MR) is 39.5 cm³/mol. The van der Waals surface area contributed by atoms with Crippen LogP contribution in [0.5, 0.6) is 0 Å². The molecule has 0 spiro atoms. The van der Waals surface area contributed by atoms with Gasteiger partial charge in [0.2, 0.25) is 0 Å². The summed E-state index contributed by atoms with van der Waals surface area (Å²) in [7, 11) is 0. The van der Waals surface area contributed by atoms with Crippen LogP contribution in [0.15, 0.2) is 0 Å². The van der Waals surface area contributed by atoms with Crippen molar-refractivity contribution < 1.29 is 4.74 Å². The van der Waals surface area contributed by atoms with Gasteiger partial charge < -0.3 is 4.74 Å². The van der Waals surface area contributed by atoms with E-state index >= 15 is 0 Å². The van der Waals surface area contributed by atoms with Gasteiger partial charge >= 0.3 is 0 Å². The van der Waals surface area contributed by atoms with Gasteiger partial charge in [0.15, 0.2) is 0 Å². The van der Waals surface area contributed by atoms with Crippen LogP contribution in [0.25, 0.3) is 0 Å². The first-order valence-corrected chi connectivity index (χ1v) is 4.16. The Hall–Kier alpha value is -0.0800. The molecular weight excluding hydrogens is 126 g/mol. The SMILES string of the molecule is [CH]1OCCN2CCCCC12. The summed E-state index contributed by atoms with van der Waals surface area (Å²) in [6.45, 7) is 5.34. The number of nitrogens with zero attached hydrogens (tertiary/aromatic N) is 1. The van der Waals surface area contributed by atoms with Crippen molar-refractivity contribution in [3.63, 3.8) is 0 Å². The Bertz CT molecular complexity index is 89.8. The lowest BCUT2D eigenvalue weighted by Gasteiger charge is -2.38. The fourth-order valence-electron chi connectivity index (χ4n) is 1.80. The van der Waals surface area contributed by atoms with Gasteiger partial charge in [-0.2, -0.15) is 0 Å². The van der Waals surface area contributed by atoms with Gasteiger partial charge in [-0.25, -0.2) is 0 Å². The molecule has 2 nitrogen and oxygen atoms in total. The van der Waals surface area contributed by atoms with Crippen molar-refractivity contribution in [2.75, 3.05) is 19.7 Å². The maximum Gasteiger partial charge on any atom is 0.101 e. The van der Waals surface area contributed by atoms with Crippen LogP contribution in [0.2, 0.25) is 0 Å². The van der Waals surface area contributed by atoms with Crippen molar-refractivity contribution in [1.29, 1.82) is 0 Å². The van der Waals surface area contributed by atoms with E-state index in [0.29, 0.717) is 6.04 Å². The largest absolute Gasteiger partial charge is 0.372 e. The number of hydrogen-bond acceptors (Lipinski definition) is 2. The molecule has 0 aromatic carbocycles. The average Bonchev–Trinajstić information content (AvgIpc) is 2.05. The molecule has 2 heteroatoms. The van der Waals surface area contributed by atoms with Crippen molar-refractivity contribution in [3.05, 3.63) is 6.61 Å². The molecule has 1 unspecified atom stereocenters. The average molecular weight is 140 g/mol. The topological polar surface area (TPSA) is 12.5 Å². The van der Waals surface area contributed by atoms with Crippen molar-refractivity contribution in [3.8, 4) is 0 Å². The van der Waals surface area contributed by atoms with Gasteiger partial charge in [-0.15, -0.1) is 0 Å². The second-order valence-corrected chi connectivity index (χ2v) is 3.11. The van der Waals surface area contributed by atoms with E-state index in [1.54, 1.807) is 0 Å². The number of piperidine rings is 1. The predicted octanol–water partition coefficient (Wildman–Crippen LogP) is 1.03. The third-order valence-electron chi connectivity index (χ3n) is 2.41. The van der Waals surface area contributed by atoms with E-state index in [9.17, 15) is 0 Å². The molecule has 0 saturated carbocycles. The van der Waals surface area contributed by atoms with Crippen LogP contribution in [0.4, 0.5) is 0 Å². The van der Waals surface area contributed by atoms with Crippen LogP contribution in [0, 0.1) is 6.61 Å². The van der Waals surface area contributed by atoms with Crippen LogP contribution >= 0.6 is 0 Å². The number of rotatable bonds is 0. The van der Waals surface area contributed by atoms with Crippen molar-refractivity contribution in [2.24, 2.45) is 0 Å². The molecular formula is C8H14NO. The molecule has 2 fully saturated rings. The zero-order valence-corrected chi connectivity index (χ0v) is 6.25. The van der Waals surface area contributed by atoms with Crippen LogP contribution in [-0.4, -0.2) is 30.6 Å². The molecule has 2 heterocycles. The maximum absolute atomic E-state index is 5.27. The lowest BCUT2D eigenvalue weighted by atomic mass is 10.0. The summed E-state index contributed by atoms with van der Waals surface area (Å²) in [5.74, 6) is 0. The van der Waals surface area contributed by atoms with Crippen molar-refractivity contribution in [2.45, 2.75) is 25.3 Å². The molecule has 57 valence electrons. The highest BCUT2D eigenvalue weighted by Crippen LogP contribution is 2.21. The Morgan fingerprint density at radius 2 is 2.30 bits per heavy atom. The normalized spacial score (nSPS) is 35.4. The van der Waals surface area contributed by atoms with E-state index in [1.807, 2.05) is 6.61 Å². The second kappa shape index (κ2) is 2.89. The van der Waals surface area contributed by atoms with Crippen LogP contribution in [-0.2, 0) is 4.74 Å². The quantitative estimate of drug-likeness (QED) is 0.498. The monoisotopic (exact) mass is 140 g/mol. The third-order valence-corrected chi connectivity index (χ3v) is 2.41. The maximum atomic E-state index is 5.27. The number of morpholine rings is 1. The van der Waals surface area contributed by atoms with Gasteiger partial charge in [-0.05, 0) is 19.4 Å². The Balaban J connectivity index is 1.93. The van der Waals surface area contributed by atoms with Gasteiger partial charge in [0.05, 0.1) is 6.61 Å². The van der Waals surface area contributed by atoms with Gasteiger partial charge in [0.25, 0.3) is 0 Å². The highest BCUT2D eigenvalue weighted by molar-refractivity contribution is 4.85. The van der Waals surface area contributed by atoms with E-state index in [1.165, 1.54) is 25.8 Å². The molecule has 0 aromatic rings. The minimum absolute atomic E-state index is 0.641. The highest BCUT2D eigenvalue weighted by atomic mass is 16.5. The Labute approximate surface area is 62.2 Å². The summed E-state index contributed by atoms with van der Waals surface area (Å²) in [6, 6.07) is 0.641. The second-order valence-electron chi connectivity index (χ2n) is 3.11. The molecule has 0 N–H and O–H groups in total. The first kappa shape index (κ1) is 6.62. The molecule has 2 saturated heterocycles. The fraction of sp³-hybridized carbons (Fsp3) is 0.875. The molecule has 2 aliphatic rings. The summed E-state index contributed by atoms with van der Waals surface area (Å²) in [5, 5.41) is 0. The minimum atomic E-state index is 0.641. The first-order chi connectivity index (χ1) is 4.97. The first-order valence-electron chi connectivity index (χ1n) is 4.16. The third kappa shape index (κ3) is 1.18. The fourth-order valence-corrected chi connectivity index (χ4v) is 1.80. The highest BCUT2D eigenvalue weighted by Gasteiger charge is 2.25. The number of hydrogen-bond donors (Lipinski definition) is 0. The molecule has 1 radical (unpaired) electrons. The summed E-state index contributed by atoms with van der Waals surface area (Å²) in [6.07, 6.45) is 4.06. The van der Waals surface area contributed by atoms with Crippen LogP contribution in [0.3, 0.4) is 0 Å². The molecule has 10 heavy (non-hydrogen) atoms. The minimum Gasteiger partial charge on any atom is -0.372 e. The van der Waals surface area contributed by atoms with Gasteiger partial charge in [-0.3, -0.25) is 4.90 Å². The van der Waals surface area contributed by atoms with E-state index in [-0.39, 0.29) is 0 Å². The van der Waals surface area contributed by atoms with Crippen molar-refractivity contribution >= 4 is 0 Å². The van der Waals surface area contributed by atoms with Gasteiger partial charge in [0.1, 0.15) is 6.61 Å². The summed E-state index contributed by atoms with van der Waals surface area (Å²) >= 11 is 0. The lowest BCUT2D eigenvalue weighted by Crippen LogP contribution is -2.45. The molecule has 0 aliphatic carbocycles. The molecule has 1 atom stereocenters. The molecule has 0 aromatic heterocycles. The number of ether oxygens (including phenoxy) is 1. The molecule has 0 amide bonds. The lowest BCUT2D eigenvalue weighted by molar-refractivity contribution is 0.0210. The van der Waals surface area contributed by atoms with Gasteiger partial charge in [0, 0.05) is 12.6 Å². The zero-order chi connectivity index (χ0) is 6.81. The molecule has 2 rings (SSSR count). The standard InChI is InChI=1S/C8H14NO/c1-2-4-9-5-6-10-7-8(9)3-1/h7-8H,1-6H2. The van der Waals surface area contributed by atoms with Crippen LogP contribution < -0.4 is 0 Å². The Kier molecular flexibility index (Phi) is 1.91. The summed E-state index contributed by atoms with van der Waals surface area (Å²) in [5.41, 5.74) is 0. The smallest absolute Gasteiger partial charge is 0.101 e. The number of fused-ring (bicyclic) bond motifs is 1. The Morgan fingerprint density at radius 1 is 1.30 bits per heavy atom. The molecule has 2 aliphatic heterocycles. The van der Waals surface area contributed by atoms with Gasteiger partial charge in [-0.1, -0.05) is 6.42 Å². The zero-order valence-electron chi connectivity index (χ0n) is 6.25. The van der Waals surface area contributed by atoms with Crippen molar-refractivity contribution in [1.82, 2.24) is 4.90 Å². The van der Waals surface area contributed by atoms with E-state index in [2.05, 4.69) is 4.90 Å². The summed E-state index contributed by atoms with van der Waals surface area (Å²) < 4.78 is 5.27. The summed E-state index contributed by atoms with van der Waals surface area (Å²) in [4.78, 5) is 2.52. The van der Waals surface area contributed by atoms with E-state index in [0.717, 1.165) is 13.2 Å². The molecule has 0 bridgehead atoms. The van der Waals surface area contributed by atoms with E-state index < -0.39 is 0 Å². The Morgan fingerprint density at radius 3 is 3.20 bits per heavy atom.